The number of amides is 1. The highest BCUT2D eigenvalue weighted by molar-refractivity contribution is 5.98. The van der Waals surface area contributed by atoms with Crippen LogP contribution in [0, 0.1) is 11.6 Å². The van der Waals surface area contributed by atoms with E-state index in [1.165, 1.54) is 4.90 Å². The van der Waals surface area contributed by atoms with Crippen LogP contribution in [0.4, 0.5) is 8.78 Å². The maximum atomic E-state index is 13.7. The average molecular weight is 283 g/mol. The third kappa shape index (κ3) is 2.71. The summed E-state index contributed by atoms with van der Waals surface area (Å²) in [6.07, 6.45) is 2.08. The SMILES string of the molecule is NC(=NO)C1CCCCN1C(=O)c1cc(F)ccc1F. The zero-order chi connectivity index (χ0) is 14.7. The molecule has 1 aromatic rings. The van der Waals surface area contributed by atoms with E-state index in [9.17, 15) is 13.6 Å². The molecule has 0 spiro atoms. The fourth-order valence-electron chi connectivity index (χ4n) is 2.36. The number of carbonyl (C=O) groups excluding carboxylic acids is 1. The van der Waals surface area contributed by atoms with Crippen molar-refractivity contribution in [2.24, 2.45) is 10.9 Å². The summed E-state index contributed by atoms with van der Waals surface area (Å²) >= 11 is 0. The van der Waals surface area contributed by atoms with Crippen molar-refractivity contribution in [2.45, 2.75) is 25.3 Å². The van der Waals surface area contributed by atoms with Gasteiger partial charge in [0.2, 0.25) is 0 Å². The number of rotatable bonds is 2. The van der Waals surface area contributed by atoms with Crippen LogP contribution in [0.3, 0.4) is 0 Å². The molecule has 0 bridgehead atoms. The van der Waals surface area contributed by atoms with Crippen LogP contribution in [0.5, 0.6) is 0 Å². The van der Waals surface area contributed by atoms with Crippen molar-refractivity contribution in [1.29, 1.82) is 0 Å². The van der Waals surface area contributed by atoms with Crippen LogP contribution >= 0.6 is 0 Å². The monoisotopic (exact) mass is 283 g/mol. The minimum absolute atomic E-state index is 0.102. The Labute approximate surface area is 114 Å². The molecule has 0 radical (unpaired) electrons. The molecule has 2 rings (SSSR count). The Balaban J connectivity index is 2.32. The second kappa shape index (κ2) is 5.85. The highest BCUT2D eigenvalue weighted by Gasteiger charge is 2.31. The minimum atomic E-state index is -0.791. The molecule has 20 heavy (non-hydrogen) atoms. The average Bonchev–Trinajstić information content (AvgIpc) is 2.48. The molecule has 0 aliphatic carbocycles. The number of carbonyl (C=O) groups is 1. The van der Waals surface area contributed by atoms with E-state index in [4.69, 9.17) is 10.9 Å². The van der Waals surface area contributed by atoms with Gasteiger partial charge in [-0.25, -0.2) is 8.78 Å². The Morgan fingerprint density at radius 3 is 2.85 bits per heavy atom. The van der Waals surface area contributed by atoms with E-state index < -0.39 is 23.6 Å². The second-order valence-corrected chi connectivity index (χ2v) is 4.66. The van der Waals surface area contributed by atoms with Crippen LogP contribution in [-0.4, -0.2) is 34.4 Å². The summed E-state index contributed by atoms with van der Waals surface area (Å²) < 4.78 is 26.8. The first-order chi connectivity index (χ1) is 9.54. The number of nitrogens with two attached hydrogens (primary N) is 1. The van der Waals surface area contributed by atoms with Gasteiger partial charge in [0.25, 0.3) is 5.91 Å². The Hall–Kier alpha value is -2.18. The van der Waals surface area contributed by atoms with Gasteiger partial charge in [-0.05, 0) is 37.5 Å². The lowest BCUT2D eigenvalue weighted by atomic mass is 10.00. The molecule has 108 valence electrons. The van der Waals surface area contributed by atoms with E-state index in [-0.39, 0.29) is 11.4 Å². The van der Waals surface area contributed by atoms with Crippen LogP contribution in [-0.2, 0) is 0 Å². The summed E-state index contributed by atoms with van der Waals surface area (Å²) in [5.74, 6) is -2.24. The van der Waals surface area contributed by atoms with E-state index in [0.29, 0.717) is 13.0 Å². The van der Waals surface area contributed by atoms with Gasteiger partial charge in [0.15, 0.2) is 5.84 Å². The summed E-state index contributed by atoms with van der Waals surface area (Å²) in [5.41, 5.74) is 5.22. The fraction of sp³-hybridized carbons (Fsp3) is 0.385. The van der Waals surface area contributed by atoms with Gasteiger partial charge in [0.05, 0.1) is 11.6 Å². The third-order valence-electron chi connectivity index (χ3n) is 3.38. The molecule has 1 saturated heterocycles. The predicted molar refractivity (Wildman–Crippen MR) is 68.4 cm³/mol. The van der Waals surface area contributed by atoms with Gasteiger partial charge in [-0.15, -0.1) is 0 Å². The van der Waals surface area contributed by atoms with Gasteiger partial charge >= 0.3 is 0 Å². The number of hydrogen-bond donors (Lipinski definition) is 2. The van der Waals surface area contributed by atoms with Crippen molar-refractivity contribution in [3.05, 3.63) is 35.4 Å². The molecule has 1 aliphatic heterocycles. The summed E-state index contributed by atoms with van der Waals surface area (Å²) in [7, 11) is 0. The molecule has 1 aromatic carbocycles. The Morgan fingerprint density at radius 2 is 2.15 bits per heavy atom. The summed E-state index contributed by atoms with van der Waals surface area (Å²) in [6.45, 7) is 0.357. The van der Waals surface area contributed by atoms with E-state index >= 15 is 0 Å². The van der Waals surface area contributed by atoms with Crippen molar-refractivity contribution in [3.8, 4) is 0 Å². The standard InChI is InChI=1S/C13H15F2N3O2/c14-8-4-5-10(15)9(7-8)13(19)18-6-2-1-3-11(18)12(16)17-20/h4-5,7,11,20H,1-3,6H2,(H2,16,17). The van der Waals surface area contributed by atoms with Crippen molar-refractivity contribution >= 4 is 11.7 Å². The number of likely N-dealkylation sites (tertiary alicyclic amines) is 1. The molecule has 1 unspecified atom stereocenters. The van der Waals surface area contributed by atoms with E-state index in [0.717, 1.165) is 31.0 Å². The molecule has 1 fully saturated rings. The molecule has 0 saturated carbocycles. The summed E-state index contributed by atoms with van der Waals surface area (Å²) in [4.78, 5) is 13.6. The van der Waals surface area contributed by atoms with Gasteiger partial charge in [-0.2, -0.15) is 0 Å². The molecular formula is C13H15F2N3O2. The molecule has 1 heterocycles. The van der Waals surface area contributed by atoms with Gasteiger partial charge in [0.1, 0.15) is 11.6 Å². The van der Waals surface area contributed by atoms with E-state index in [2.05, 4.69) is 5.16 Å². The van der Waals surface area contributed by atoms with Crippen molar-refractivity contribution in [3.63, 3.8) is 0 Å². The van der Waals surface area contributed by atoms with Crippen LogP contribution in [0.1, 0.15) is 29.6 Å². The Morgan fingerprint density at radius 1 is 1.40 bits per heavy atom. The Kier molecular flexibility index (Phi) is 4.16. The van der Waals surface area contributed by atoms with Crippen LogP contribution < -0.4 is 5.73 Å². The topological polar surface area (TPSA) is 78.9 Å². The van der Waals surface area contributed by atoms with Crippen molar-refractivity contribution < 1.29 is 18.8 Å². The molecule has 1 aliphatic rings. The second-order valence-electron chi connectivity index (χ2n) is 4.66. The summed E-state index contributed by atoms with van der Waals surface area (Å²) in [6, 6.07) is 2.12. The van der Waals surface area contributed by atoms with E-state index in [1.54, 1.807) is 0 Å². The lowest BCUT2D eigenvalue weighted by Crippen LogP contribution is -2.50. The lowest BCUT2D eigenvalue weighted by molar-refractivity contribution is 0.0671. The molecule has 5 nitrogen and oxygen atoms in total. The molecular weight excluding hydrogens is 268 g/mol. The predicted octanol–water partition coefficient (Wildman–Crippen LogP) is 1.71. The van der Waals surface area contributed by atoms with E-state index in [1.807, 2.05) is 0 Å². The highest BCUT2D eigenvalue weighted by Crippen LogP contribution is 2.21. The maximum Gasteiger partial charge on any atom is 0.257 e. The third-order valence-corrected chi connectivity index (χ3v) is 3.38. The minimum Gasteiger partial charge on any atom is -0.409 e. The quantitative estimate of drug-likeness (QED) is 0.375. The molecule has 0 aromatic heterocycles. The largest absolute Gasteiger partial charge is 0.409 e. The maximum absolute atomic E-state index is 13.7. The van der Waals surface area contributed by atoms with Gasteiger partial charge < -0.3 is 15.8 Å². The number of hydrogen-bond acceptors (Lipinski definition) is 3. The zero-order valence-corrected chi connectivity index (χ0v) is 10.7. The number of amidine groups is 1. The van der Waals surface area contributed by atoms with Gasteiger partial charge in [0, 0.05) is 6.54 Å². The summed E-state index contributed by atoms with van der Waals surface area (Å²) in [5, 5.41) is 11.7. The fourth-order valence-corrected chi connectivity index (χ4v) is 2.36. The van der Waals surface area contributed by atoms with Crippen molar-refractivity contribution in [2.75, 3.05) is 6.54 Å². The molecule has 7 heteroatoms. The van der Waals surface area contributed by atoms with Gasteiger partial charge in [-0.1, -0.05) is 5.16 Å². The Bertz CT molecular complexity index is 548. The number of piperidine rings is 1. The van der Waals surface area contributed by atoms with Crippen LogP contribution in [0.15, 0.2) is 23.4 Å². The number of halogens is 2. The van der Waals surface area contributed by atoms with Crippen LogP contribution in [0.2, 0.25) is 0 Å². The highest BCUT2D eigenvalue weighted by atomic mass is 19.1. The molecule has 3 N–H and O–H groups in total. The van der Waals surface area contributed by atoms with Gasteiger partial charge in [-0.3, -0.25) is 4.79 Å². The zero-order valence-electron chi connectivity index (χ0n) is 10.7. The first kappa shape index (κ1) is 14.2. The number of oxime groups is 1. The van der Waals surface area contributed by atoms with Crippen molar-refractivity contribution in [1.82, 2.24) is 4.90 Å². The molecule has 1 atom stereocenters. The number of benzene rings is 1. The number of nitrogens with zero attached hydrogens (tertiary/aromatic N) is 2. The first-order valence-corrected chi connectivity index (χ1v) is 6.28. The first-order valence-electron chi connectivity index (χ1n) is 6.28. The lowest BCUT2D eigenvalue weighted by Gasteiger charge is -2.34. The van der Waals surface area contributed by atoms with Crippen LogP contribution in [0.25, 0.3) is 0 Å². The normalized spacial score (nSPS) is 20.0. The smallest absolute Gasteiger partial charge is 0.257 e. The molecule has 1 amide bonds.